The topological polar surface area (TPSA) is 181 Å². The summed E-state index contributed by atoms with van der Waals surface area (Å²) in [7, 11) is 0. The molecule has 5 aromatic rings. The van der Waals surface area contributed by atoms with E-state index in [1.165, 1.54) is 0 Å². The molecule has 65 heavy (non-hydrogen) atoms. The van der Waals surface area contributed by atoms with Crippen molar-refractivity contribution < 1.29 is 71.7 Å². The predicted octanol–water partition coefficient (Wildman–Crippen LogP) is 6.08. The number of carbonyl (C=O) groups excluding carboxylic acids is 4. The zero-order valence-corrected chi connectivity index (χ0v) is 35.5. The Kier molecular flexibility index (Phi) is 14.4. The van der Waals surface area contributed by atoms with Crippen molar-refractivity contribution in [2.45, 2.75) is 87.7 Å². The summed E-state index contributed by atoms with van der Waals surface area (Å²) in [6, 6.07) is 42.0. The fraction of sp³-hybridized carbons (Fsp3) is 0.320. The van der Waals surface area contributed by atoms with E-state index in [4.69, 9.17) is 47.4 Å². The SMILES string of the molecule is CC1(C)O[C@@H]2[C@@H](O)[C@H](O[C@H]3[C@H](OC(=O)c4ccccc4)[C@@H](OC(=O)c4ccccc4)[C@H](OCc4ccccc4)O[C@@H]3COC(=O)c3ccccc3)O[C@H](COC(=O)c3ccccc3)[C@@H]2O1. The molecule has 0 unspecified atom stereocenters. The Hall–Kier alpha value is -6.30. The number of esters is 4. The maximum atomic E-state index is 14.1. The smallest absolute Gasteiger partial charge is 0.338 e. The maximum Gasteiger partial charge on any atom is 0.338 e. The molecule has 3 aliphatic heterocycles. The van der Waals surface area contributed by atoms with E-state index < -0.39 is 97.7 Å². The molecular formula is C50H48O15. The lowest BCUT2D eigenvalue weighted by molar-refractivity contribution is -0.352. The number of aliphatic hydroxyl groups is 1. The van der Waals surface area contributed by atoms with Crippen LogP contribution in [0.5, 0.6) is 0 Å². The van der Waals surface area contributed by atoms with Crippen LogP contribution in [0.2, 0.25) is 0 Å². The van der Waals surface area contributed by atoms with Crippen LogP contribution in [0.3, 0.4) is 0 Å². The van der Waals surface area contributed by atoms with E-state index >= 15 is 0 Å². The third kappa shape index (κ3) is 11.2. The van der Waals surface area contributed by atoms with E-state index in [1.807, 2.05) is 30.3 Å². The van der Waals surface area contributed by atoms with Gasteiger partial charge in [0.25, 0.3) is 0 Å². The van der Waals surface area contributed by atoms with E-state index in [9.17, 15) is 24.3 Å². The molecule has 3 saturated heterocycles. The summed E-state index contributed by atoms with van der Waals surface area (Å²) in [4.78, 5) is 54.7. The molecule has 0 aromatic heterocycles. The molecule has 3 heterocycles. The second-order valence-corrected chi connectivity index (χ2v) is 15.9. The molecule has 10 atom stereocenters. The molecule has 0 bridgehead atoms. The Labute approximate surface area is 375 Å². The van der Waals surface area contributed by atoms with E-state index in [0.717, 1.165) is 5.56 Å². The van der Waals surface area contributed by atoms with E-state index in [1.54, 1.807) is 135 Å². The first-order valence-electron chi connectivity index (χ1n) is 21.1. The molecule has 8 rings (SSSR count). The van der Waals surface area contributed by atoms with Crippen molar-refractivity contribution in [2.75, 3.05) is 13.2 Å². The highest BCUT2D eigenvalue weighted by atomic mass is 16.8. The van der Waals surface area contributed by atoms with Gasteiger partial charge in [0.2, 0.25) is 0 Å². The van der Waals surface area contributed by atoms with Gasteiger partial charge in [0, 0.05) is 0 Å². The van der Waals surface area contributed by atoms with Crippen LogP contribution in [-0.4, -0.2) is 109 Å². The summed E-state index contributed by atoms with van der Waals surface area (Å²) >= 11 is 0. The minimum atomic E-state index is -1.62. The highest BCUT2D eigenvalue weighted by molar-refractivity contribution is 5.91. The highest BCUT2D eigenvalue weighted by Crippen LogP contribution is 2.40. The molecule has 3 fully saturated rings. The number of carbonyl (C=O) groups is 4. The van der Waals surface area contributed by atoms with Gasteiger partial charge in [-0.25, -0.2) is 19.2 Å². The Morgan fingerprint density at radius 3 is 1.43 bits per heavy atom. The summed E-state index contributed by atoms with van der Waals surface area (Å²) < 4.78 is 62.3. The monoisotopic (exact) mass is 888 g/mol. The van der Waals surface area contributed by atoms with Crippen LogP contribution in [0, 0.1) is 0 Å². The van der Waals surface area contributed by atoms with Gasteiger partial charge in [-0.15, -0.1) is 0 Å². The molecule has 5 aromatic carbocycles. The van der Waals surface area contributed by atoms with Crippen LogP contribution in [0.15, 0.2) is 152 Å². The molecule has 0 spiro atoms. The Morgan fingerprint density at radius 2 is 0.923 bits per heavy atom. The van der Waals surface area contributed by atoms with Gasteiger partial charge < -0.3 is 52.5 Å². The second kappa shape index (κ2) is 20.7. The molecule has 15 nitrogen and oxygen atoms in total. The van der Waals surface area contributed by atoms with Crippen molar-refractivity contribution in [3.63, 3.8) is 0 Å². The Balaban J connectivity index is 1.17. The first-order valence-corrected chi connectivity index (χ1v) is 21.1. The number of fused-ring (bicyclic) bond motifs is 1. The fourth-order valence-corrected chi connectivity index (χ4v) is 7.74. The average Bonchev–Trinajstić information content (AvgIpc) is 3.68. The van der Waals surface area contributed by atoms with Gasteiger partial charge in [-0.05, 0) is 67.9 Å². The van der Waals surface area contributed by atoms with Gasteiger partial charge in [0.15, 0.2) is 30.6 Å². The number of ether oxygens (including phenoxy) is 10. The number of hydrogen-bond donors (Lipinski definition) is 1. The summed E-state index contributed by atoms with van der Waals surface area (Å²) in [6.45, 7) is 2.42. The number of hydrogen-bond acceptors (Lipinski definition) is 15. The van der Waals surface area contributed by atoms with Crippen molar-refractivity contribution >= 4 is 23.9 Å². The summed E-state index contributed by atoms with van der Waals surface area (Å²) in [5.74, 6) is -4.19. The third-order valence-corrected chi connectivity index (χ3v) is 10.9. The van der Waals surface area contributed by atoms with Crippen LogP contribution in [0.4, 0.5) is 0 Å². The Bertz CT molecular complexity index is 2350. The minimum absolute atomic E-state index is 0.0453. The number of aliphatic hydroxyl groups excluding tert-OH is 1. The van der Waals surface area contributed by atoms with Crippen LogP contribution in [0.1, 0.15) is 60.8 Å². The first-order chi connectivity index (χ1) is 31.5. The quantitative estimate of drug-likeness (QED) is 0.0943. The Morgan fingerprint density at radius 1 is 0.508 bits per heavy atom. The van der Waals surface area contributed by atoms with Crippen LogP contribution >= 0.6 is 0 Å². The van der Waals surface area contributed by atoms with Gasteiger partial charge in [0.1, 0.15) is 49.8 Å². The lowest BCUT2D eigenvalue weighted by Crippen LogP contribution is -2.66. The normalized spacial score (nSPS) is 26.8. The number of rotatable bonds is 15. The molecule has 15 heteroatoms. The van der Waals surface area contributed by atoms with Crippen molar-refractivity contribution in [3.8, 4) is 0 Å². The highest BCUT2D eigenvalue weighted by Gasteiger charge is 2.59. The minimum Gasteiger partial charge on any atom is -0.459 e. The maximum absolute atomic E-state index is 14.1. The van der Waals surface area contributed by atoms with E-state index in [2.05, 4.69) is 0 Å². The standard InChI is InChI=1S/C50H48O15/c1-50(2)64-40-37(30-57-45(53)33-22-12-5-13-23-33)59-48(38(51)41(40)65-50)63-39-36(29-56-44(52)32-20-10-4-11-21-32)60-49(58-28-31-18-8-3-9-19-31)43(62-47(55)35-26-16-7-17-27-35)42(39)61-46(54)34-24-14-6-15-25-34/h3-27,36-43,48-49,51H,28-30H2,1-2H3/t36-,37-,38-,39-,40+,41-,42+,43-,48+,49-/m1/s1. The molecular weight excluding hydrogens is 841 g/mol. The summed E-state index contributed by atoms with van der Waals surface area (Å²) in [5, 5.41) is 12.0. The fourth-order valence-electron chi connectivity index (χ4n) is 7.74. The molecule has 0 aliphatic carbocycles. The summed E-state index contributed by atoms with van der Waals surface area (Å²) in [5.41, 5.74) is 1.60. The van der Waals surface area contributed by atoms with Crippen LogP contribution < -0.4 is 0 Å². The van der Waals surface area contributed by atoms with Gasteiger partial charge in [-0.3, -0.25) is 0 Å². The van der Waals surface area contributed by atoms with Gasteiger partial charge in [0.05, 0.1) is 28.9 Å². The van der Waals surface area contributed by atoms with Crippen molar-refractivity contribution in [1.82, 2.24) is 0 Å². The van der Waals surface area contributed by atoms with Crippen LogP contribution in [0.25, 0.3) is 0 Å². The molecule has 0 radical (unpaired) electrons. The van der Waals surface area contributed by atoms with Crippen molar-refractivity contribution in [3.05, 3.63) is 179 Å². The third-order valence-electron chi connectivity index (χ3n) is 10.9. The van der Waals surface area contributed by atoms with Gasteiger partial charge in [-0.2, -0.15) is 0 Å². The molecule has 1 N–H and O–H groups in total. The second-order valence-electron chi connectivity index (χ2n) is 15.9. The lowest BCUT2D eigenvalue weighted by Gasteiger charge is -2.47. The van der Waals surface area contributed by atoms with E-state index in [0.29, 0.717) is 5.56 Å². The number of benzene rings is 5. The predicted molar refractivity (Wildman–Crippen MR) is 228 cm³/mol. The molecule has 0 amide bonds. The largest absolute Gasteiger partial charge is 0.459 e. The van der Waals surface area contributed by atoms with Crippen molar-refractivity contribution in [1.29, 1.82) is 0 Å². The molecule has 0 saturated carbocycles. The average molecular weight is 889 g/mol. The van der Waals surface area contributed by atoms with Crippen LogP contribution in [-0.2, 0) is 54.0 Å². The molecule has 3 aliphatic rings. The first kappa shape index (κ1) is 45.3. The van der Waals surface area contributed by atoms with E-state index in [-0.39, 0.29) is 29.9 Å². The zero-order chi connectivity index (χ0) is 45.3. The summed E-state index contributed by atoms with van der Waals surface area (Å²) in [6.07, 6.45) is -13.8. The van der Waals surface area contributed by atoms with Crippen molar-refractivity contribution in [2.24, 2.45) is 0 Å². The molecule has 338 valence electrons. The van der Waals surface area contributed by atoms with Gasteiger partial charge >= 0.3 is 23.9 Å². The van der Waals surface area contributed by atoms with Gasteiger partial charge in [-0.1, -0.05) is 103 Å². The zero-order valence-electron chi connectivity index (χ0n) is 35.5. The lowest BCUT2D eigenvalue weighted by atomic mass is 9.96.